The Morgan fingerprint density at radius 2 is 1.85 bits per heavy atom. The van der Waals surface area contributed by atoms with Crippen molar-refractivity contribution < 1.29 is 45.5 Å². The van der Waals surface area contributed by atoms with Gasteiger partial charge in [0.2, 0.25) is 0 Å². The number of aliphatic imine (C=N–C) groups is 1. The number of rotatable bonds is 5. The van der Waals surface area contributed by atoms with Gasteiger partial charge in [-0.3, -0.25) is 4.99 Å². The van der Waals surface area contributed by atoms with Gasteiger partial charge in [0.05, 0.1) is 0 Å². The molecule has 0 aliphatic carbocycles. The minimum atomic E-state index is -0.648. The van der Waals surface area contributed by atoms with E-state index in [9.17, 15) is 5.11 Å². The second-order valence-corrected chi connectivity index (χ2v) is 3.19. The van der Waals surface area contributed by atoms with Gasteiger partial charge >= 0.3 is 0 Å². The van der Waals surface area contributed by atoms with Crippen LogP contribution in [0.1, 0.15) is 47.0 Å². The average molecular weight is 322 g/mol. The SMILES string of the molecule is CCCC(O)(CC)C(C)=NCC.[Sm]. The summed E-state index contributed by atoms with van der Waals surface area (Å²) in [7, 11) is 0. The third kappa shape index (κ3) is 5.42. The van der Waals surface area contributed by atoms with Crippen LogP contribution in [-0.2, 0) is 0 Å². The molecule has 0 saturated carbocycles. The second kappa shape index (κ2) is 8.29. The molecule has 1 atom stereocenters. The van der Waals surface area contributed by atoms with Crippen LogP contribution < -0.4 is 0 Å². The Labute approximate surface area is 114 Å². The first-order valence-corrected chi connectivity index (χ1v) is 4.84. The van der Waals surface area contributed by atoms with Gasteiger partial charge in [-0.1, -0.05) is 20.3 Å². The van der Waals surface area contributed by atoms with Crippen molar-refractivity contribution in [3.8, 4) is 0 Å². The molecule has 0 saturated heterocycles. The molecular weight excluding hydrogens is 300 g/mol. The van der Waals surface area contributed by atoms with Gasteiger partial charge < -0.3 is 5.11 Å². The standard InChI is InChI=1S/C10H21NO.Sm/c1-5-8-10(12,6-2)9(4)11-7-3;/h12H,5-8H2,1-4H3;. The third-order valence-corrected chi connectivity index (χ3v) is 2.32. The van der Waals surface area contributed by atoms with E-state index in [-0.39, 0.29) is 40.4 Å². The normalized spacial score (nSPS) is 16.2. The Morgan fingerprint density at radius 1 is 1.31 bits per heavy atom. The second-order valence-electron chi connectivity index (χ2n) is 3.19. The minimum absolute atomic E-state index is 0. The molecule has 0 aliphatic heterocycles. The van der Waals surface area contributed by atoms with Crippen LogP contribution in [0.25, 0.3) is 0 Å². The molecule has 0 aromatic carbocycles. The Morgan fingerprint density at radius 3 is 2.15 bits per heavy atom. The van der Waals surface area contributed by atoms with Gasteiger partial charge in [0.15, 0.2) is 0 Å². The number of hydrogen-bond donors (Lipinski definition) is 1. The molecule has 0 aliphatic rings. The van der Waals surface area contributed by atoms with E-state index in [1.54, 1.807) is 0 Å². The fourth-order valence-electron chi connectivity index (χ4n) is 1.41. The molecule has 0 aromatic rings. The van der Waals surface area contributed by atoms with Gasteiger partial charge in [0.25, 0.3) is 0 Å². The average Bonchev–Trinajstić information content (AvgIpc) is 2.05. The monoisotopic (exact) mass is 323 g/mol. The molecule has 0 amide bonds. The summed E-state index contributed by atoms with van der Waals surface area (Å²) in [4.78, 5) is 4.25. The van der Waals surface area contributed by atoms with E-state index in [0.717, 1.165) is 31.5 Å². The van der Waals surface area contributed by atoms with Crippen LogP contribution in [0.5, 0.6) is 0 Å². The Hall–Kier alpha value is 0.968. The minimum Gasteiger partial charge on any atom is -0.384 e. The van der Waals surface area contributed by atoms with Crippen LogP contribution in [0.4, 0.5) is 0 Å². The molecule has 0 radical (unpaired) electrons. The third-order valence-electron chi connectivity index (χ3n) is 2.32. The summed E-state index contributed by atoms with van der Waals surface area (Å²) in [6.45, 7) is 8.76. The van der Waals surface area contributed by atoms with Crippen LogP contribution in [0.2, 0.25) is 0 Å². The van der Waals surface area contributed by atoms with Gasteiger partial charge in [0, 0.05) is 52.6 Å². The van der Waals surface area contributed by atoms with Crippen LogP contribution in [0, 0.1) is 40.4 Å². The van der Waals surface area contributed by atoms with Gasteiger partial charge in [-0.05, 0) is 26.7 Å². The molecule has 0 aromatic heterocycles. The molecule has 78 valence electrons. The molecule has 0 rings (SSSR count). The summed E-state index contributed by atoms with van der Waals surface area (Å²) in [5, 5.41) is 10.1. The van der Waals surface area contributed by atoms with Gasteiger partial charge in [0.1, 0.15) is 5.60 Å². The van der Waals surface area contributed by atoms with Crippen molar-refractivity contribution >= 4 is 5.71 Å². The maximum absolute atomic E-state index is 10.1. The van der Waals surface area contributed by atoms with Crippen LogP contribution >= 0.6 is 0 Å². The predicted molar refractivity (Wildman–Crippen MR) is 53.8 cm³/mol. The molecule has 2 nitrogen and oxygen atoms in total. The summed E-state index contributed by atoms with van der Waals surface area (Å²) in [5.74, 6) is 0. The molecule has 13 heavy (non-hydrogen) atoms. The smallest absolute Gasteiger partial charge is 0.102 e. The maximum Gasteiger partial charge on any atom is 0.102 e. The summed E-state index contributed by atoms with van der Waals surface area (Å²) in [6.07, 6.45) is 2.58. The molecule has 0 bridgehead atoms. The van der Waals surface area contributed by atoms with E-state index in [0.29, 0.717) is 0 Å². The fraction of sp³-hybridized carbons (Fsp3) is 0.900. The molecule has 1 unspecified atom stereocenters. The topological polar surface area (TPSA) is 32.6 Å². The van der Waals surface area contributed by atoms with Crippen LogP contribution in [0.3, 0.4) is 0 Å². The first-order valence-electron chi connectivity index (χ1n) is 4.84. The van der Waals surface area contributed by atoms with Crippen molar-refractivity contribution in [1.29, 1.82) is 0 Å². The number of nitrogens with zero attached hydrogens (tertiary/aromatic N) is 1. The molecule has 0 heterocycles. The van der Waals surface area contributed by atoms with Crippen LogP contribution in [-0.4, -0.2) is 23.0 Å². The molecular formula is C10H21NOSm. The number of hydrogen-bond acceptors (Lipinski definition) is 2. The van der Waals surface area contributed by atoms with Crippen molar-refractivity contribution in [2.75, 3.05) is 6.54 Å². The molecule has 1 N–H and O–H groups in total. The summed E-state index contributed by atoms with van der Waals surface area (Å²) in [6, 6.07) is 0. The van der Waals surface area contributed by atoms with Gasteiger partial charge in [-0.15, -0.1) is 0 Å². The Balaban J connectivity index is 0. The van der Waals surface area contributed by atoms with Gasteiger partial charge in [-0.25, -0.2) is 0 Å². The molecule has 0 spiro atoms. The van der Waals surface area contributed by atoms with E-state index >= 15 is 0 Å². The largest absolute Gasteiger partial charge is 0.384 e. The van der Waals surface area contributed by atoms with Crippen molar-refractivity contribution in [1.82, 2.24) is 0 Å². The number of aliphatic hydroxyl groups is 1. The van der Waals surface area contributed by atoms with E-state index in [1.807, 2.05) is 20.8 Å². The Kier molecular flexibility index (Phi) is 10.5. The van der Waals surface area contributed by atoms with Crippen LogP contribution in [0.15, 0.2) is 4.99 Å². The van der Waals surface area contributed by atoms with Crippen molar-refractivity contribution in [3.63, 3.8) is 0 Å². The van der Waals surface area contributed by atoms with E-state index in [2.05, 4.69) is 11.9 Å². The zero-order chi connectivity index (χ0) is 9.61. The summed E-state index contributed by atoms with van der Waals surface area (Å²) < 4.78 is 0. The summed E-state index contributed by atoms with van der Waals surface area (Å²) in [5.41, 5.74) is 0.236. The molecule has 0 fully saturated rings. The van der Waals surface area contributed by atoms with E-state index in [1.165, 1.54) is 0 Å². The van der Waals surface area contributed by atoms with Crippen molar-refractivity contribution in [3.05, 3.63) is 0 Å². The van der Waals surface area contributed by atoms with Crippen molar-refractivity contribution in [2.45, 2.75) is 52.6 Å². The summed E-state index contributed by atoms with van der Waals surface area (Å²) >= 11 is 0. The zero-order valence-electron chi connectivity index (χ0n) is 9.13. The van der Waals surface area contributed by atoms with Gasteiger partial charge in [-0.2, -0.15) is 0 Å². The van der Waals surface area contributed by atoms with E-state index < -0.39 is 5.60 Å². The first-order chi connectivity index (χ1) is 5.60. The fourth-order valence-corrected chi connectivity index (χ4v) is 1.41. The quantitative estimate of drug-likeness (QED) is 0.775. The first kappa shape index (κ1) is 16.4. The zero-order valence-corrected chi connectivity index (χ0v) is 11.8. The maximum atomic E-state index is 10.1. The Bertz CT molecular complexity index is 159. The predicted octanol–water partition coefficient (Wildman–Crippen LogP) is 2.41. The van der Waals surface area contributed by atoms with Crippen molar-refractivity contribution in [2.24, 2.45) is 4.99 Å². The van der Waals surface area contributed by atoms with E-state index in [4.69, 9.17) is 0 Å². The molecule has 3 heteroatoms.